The van der Waals surface area contributed by atoms with Crippen LogP contribution in [0.25, 0.3) is 0 Å². The molecular formula is C5H6F3N2+. The van der Waals surface area contributed by atoms with Crippen molar-refractivity contribution < 1.29 is 17.7 Å². The minimum absolute atomic E-state index is 0.833. The molecule has 10 heavy (non-hydrogen) atoms. The second kappa shape index (κ2) is 1.82. The highest BCUT2D eigenvalue weighted by Gasteiger charge is 2.51. The summed E-state index contributed by atoms with van der Waals surface area (Å²) in [4.78, 5) is 3.35. The van der Waals surface area contributed by atoms with Crippen LogP contribution in [0.2, 0.25) is 0 Å². The summed E-state index contributed by atoms with van der Waals surface area (Å²) in [7, 11) is 1.02. The molecule has 0 fully saturated rings. The van der Waals surface area contributed by atoms with Gasteiger partial charge in [0, 0.05) is 0 Å². The van der Waals surface area contributed by atoms with Crippen LogP contribution >= 0.6 is 0 Å². The molecule has 1 aliphatic rings. The molecule has 0 radical (unpaired) electrons. The van der Waals surface area contributed by atoms with Gasteiger partial charge in [0.2, 0.25) is 6.34 Å². The predicted octanol–water partition coefficient (Wildman–Crippen LogP) is 1.47. The Kier molecular flexibility index (Phi) is 1.32. The molecule has 0 bridgehead atoms. The van der Waals surface area contributed by atoms with Crippen LogP contribution in [0.15, 0.2) is 17.4 Å². The second-order valence-electron chi connectivity index (χ2n) is 2.18. The molecule has 0 amide bonds. The Labute approximate surface area is 55.9 Å². The molecule has 0 saturated carbocycles. The number of hydrogen-bond acceptors (Lipinski definition) is 1. The number of alkyl halides is 3. The number of rotatable bonds is 0. The normalized spacial score (nSPS) is 31.6. The molecule has 1 aliphatic heterocycles. The van der Waals surface area contributed by atoms with Crippen LogP contribution in [0.5, 0.6) is 0 Å². The number of nitrogens with zero attached hydrogens (tertiary/aromatic N) is 2. The predicted molar refractivity (Wildman–Crippen MR) is 29.9 cm³/mol. The Balaban J connectivity index is 2.90. The molecular weight excluding hydrogens is 145 g/mol. The molecule has 0 N–H and O–H groups in total. The van der Waals surface area contributed by atoms with Crippen LogP contribution in [0.3, 0.4) is 0 Å². The van der Waals surface area contributed by atoms with Gasteiger partial charge in [0.05, 0.1) is 13.2 Å². The van der Waals surface area contributed by atoms with E-state index in [1.165, 1.54) is 0 Å². The van der Waals surface area contributed by atoms with Crippen LogP contribution in [0.1, 0.15) is 0 Å². The van der Waals surface area contributed by atoms with Crippen molar-refractivity contribution in [2.75, 3.05) is 7.05 Å². The van der Waals surface area contributed by atoms with E-state index < -0.39 is 10.8 Å². The average Bonchev–Trinajstić information content (AvgIpc) is 2.13. The van der Waals surface area contributed by atoms with Gasteiger partial charge in [0.25, 0.3) is 0 Å². The summed E-state index contributed by atoms with van der Waals surface area (Å²) in [6, 6.07) is 0. The first-order chi connectivity index (χ1) is 4.46. The van der Waals surface area contributed by atoms with E-state index in [0.717, 1.165) is 25.8 Å². The topological polar surface area (TPSA) is 12.4 Å². The lowest BCUT2D eigenvalue weighted by molar-refractivity contribution is -0.889. The standard InChI is InChI=1S/C5H6F3N2/c1-10(5(6,7)8)3-2-9-4-10/h2-4H,1H3/q+1. The minimum atomic E-state index is -4.28. The van der Waals surface area contributed by atoms with E-state index in [-0.39, 0.29) is 0 Å². The van der Waals surface area contributed by atoms with E-state index in [9.17, 15) is 13.2 Å². The van der Waals surface area contributed by atoms with Crippen LogP contribution in [0.4, 0.5) is 13.2 Å². The quantitative estimate of drug-likeness (QED) is 0.367. The zero-order chi connectivity index (χ0) is 7.83. The third-order valence-corrected chi connectivity index (χ3v) is 1.32. The van der Waals surface area contributed by atoms with Gasteiger partial charge in [0.15, 0.2) is 0 Å². The molecule has 2 nitrogen and oxygen atoms in total. The van der Waals surface area contributed by atoms with Gasteiger partial charge in [-0.05, 0) is 0 Å². The van der Waals surface area contributed by atoms with E-state index in [4.69, 9.17) is 0 Å². The monoisotopic (exact) mass is 151 g/mol. The Bertz CT molecular complexity index is 180. The van der Waals surface area contributed by atoms with Crippen molar-refractivity contribution in [3.05, 3.63) is 12.4 Å². The maximum atomic E-state index is 12.0. The van der Waals surface area contributed by atoms with Crippen LogP contribution in [0, 0.1) is 0 Å². The molecule has 0 saturated heterocycles. The molecule has 5 heteroatoms. The Morgan fingerprint density at radius 3 is 2.20 bits per heavy atom. The SMILES string of the molecule is C[N+]1(C(F)(F)F)C=CN=C1. The highest BCUT2D eigenvalue weighted by Crippen LogP contribution is 2.29. The van der Waals surface area contributed by atoms with E-state index in [0.29, 0.717) is 0 Å². The van der Waals surface area contributed by atoms with Crippen LogP contribution in [-0.4, -0.2) is 24.2 Å². The fourth-order valence-corrected chi connectivity index (χ4v) is 0.542. The zero-order valence-corrected chi connectivity index (χ0v) is 5.26. The van der Waals surface area contributed by atoms with Gasteiger partial charge in [-0.3, -0.25) is 0 Å². The maximum Gasteiger partial charge on any atom is 0.571 e. The van der Waals surface area contributed by atoms with Crippen molar-refractivity contribution in [1.29, 1.82) is 0 Å². The summed E-state index contributed by atoms with van der Waals surface area (Å²) in [5.74, 6) is 0. The summed E-state index contributed by atoms with van der Waals surface area (Å²) < 4.78 is 34.7. The van der Waals surface area contributed by atoms with E-state index in [1.54, 1.807) is 0 Å². The van der Waals surface area contributed by atoms with Crippen molar-refractivity contribution in [3.8, 4) is 0 Å². The van der Waals surface area contributed by atoms with Crippen molar-refractivity contribution in [1.82, 2.24) is 0 Å². The fraction of sp³-hybridized carbons (Fsp3) is 0.400. The van der Waals surface area contributed by atoms with Gasteiger partial charge in [-0.2, -0.15) is 4.48 Å². The molecule has 0 aromatic rings. The van der Waals surface area contributed by atoms with E-state index in [2.05, 4.69) is 4.99 Å². The third kappa shape index (κ3) is 0.923. The first kappa shape index (κ1) is 7.27. The van der Waals surface area contributed by atoms with Crippen LogP contribution < -0.4 is 0 Å². The highest BCUT2D eigenvalue weighted by atomic mass is 19.4. The van der Waals surface area contributed by atoms with Gasteiger partial charge in [-0.15, -0.1) is 13.2 Å². The molecule has 0 spiro atoms. The molecule has 1 atom stereocenters. The number of hydrogen-bond donors (Lipinski definition) is 0. The zero-order valence-electron chi connectivity index (χ0n) is 5.26. The molecule has 0 aromatic carbocycles. The summed E-state index contributed by atoms with van der Waals surface area (Å²) in [5.41, 5.74) is 0. The lowest BCUT2D eigenvalue weighted by atomic mass is 10.6. The van der Waals surface area contributed by atoms with Gasteiger partial charge in [-0.1, -0.05) is 0 Å². The number of aliphatic imine (C=N–C) groups is 1. The second-order valence-corrected chi connectivity index (χ2v) is 2.18. The van der Waals surface area contributed by atoms with Crippen molar-refractivity contribution >= 4 is 6.34 Å². The minimum Gasteiger partial charge on any atom is -0.206 e. The first-order valence-electron chi connectivity index (χ1n) is 2.60. The largest absolute Gasteiger partial charge is 0.571 e. The maximum absolute atomic E-state index is 12.0. The lowest BCUT2D eigenvalue weighted by Gasteiger charge is -2.22. The molecule has 1 heterocycles. The Hall–Kier alpha value is -0.840. The van der Waals surface area contributed by atoms with Crippen molar-refractivity contribution in [2.24, 2.45) is 4.99 Å². The van der Waals surface area contributed by atoms with E-state index in [1.807, 2.05) is 0 Å². The molecule has 1 unspecified atom stereocenters. The smallest absolute Gasteiger partial charge is 0.206 e. The van der Waals surface area contributed by atoms with Crippen LogP contribution in [-0.2, 0) is 0 Å². The molecule has 56 valence electrons. The fourth-order valence-electron chi connectivity index (χ4n) is 0.542. The highest BCUT2D eigenvalue weighted by molar-refractivity contribution is 5.50. The van der Waals surface area contributed by atoms with Gasteiger partial charge >= 0.3 is 6.30 Å². The Morgan fingerprint density at radius 1 is 1.40 bits per heavy atom. The lowest BCUT2D eigenvalue weighted by Crippen LogP contribution is -2.47. The summed E-state index contributed by atoms with van der Waals surface area (Å²) in [6.07, 6.45) is -1.34. The van der Waals surface area contributed by atoms with Gasteiger partial charge in [-0.25, -0.2) is 4.99 Å². The summed E-state index contributed by atoms with van der Waals surface area (Å²) in [6.45, 7) is 0. The van der Waals surface area contributed by atoms with Crippen molar-refractivity contribution in [3.63, 3.8) is 0 Å². The molecule has 0 aliphatic carbocycles. The Morgan fingerprint density at radius 2 is 2.00 bits per heavy atom. The summed E-state index contributed by atoms with van der Waals surface area (Å²) >= 11 is 0. The average molecular weight is 151 g/mol. The van der Waals surface area contributed by atoms with Crippen molar-refractivity contribution in [2.45, 2.75) is 6.30 Å². The third-order valence-electron chi connectivity index (χ3n) is 1.32. The number of quaternary nitrogens is 1. The van der Waals surface area contributed by atoms with Gasteiger partial charge < -0.3 is 0 Å². The van der Waals surface area contributed by atoms with E-state index >= 15 is 0 Å². The first-order valence-corrected chi connectivity index (χ1v) is 2.60. The number of halogens is 3. The molecule has 1 rings (SSSR count). The summed E-state index contributed by atoms with van der Waals surface area (Å²) in [5, 5.41) is 0. The van der Waals surface area contributed by atoms with Gasteiger partial charge in [0.1, 0.15) is 6.20 Å². The molecule has 0 aromatic heterocycles.